The Kier molecular flexibility index (Phi) is 12.7. The average Bonchev–Trinajstić information content (AvgIpc) is 2.47. The molecule has 0 saturated heterocycles. The lowest BCUT2D eigenvalue weighted by Crippen LogP contribution is -2.53. The summed E-state index contributed by atoms with van der Waals surface area (Å²) in [6.45, 7) is 6.49. The largest absolute Gasteiger partial charge is 0.355 e. The Balaban J connectivity index is 0. The predicted octanol–water partition coefficient (Wildman–Crippen LogP) is 0.0744. The van der Waals surface area contributed by atoms with Gasteiger partial charge in [-0.25, -0.2) is 0 Å². The van der Waals surface area contributed by atoms with Gasteiger partial charge in [0.05, 0.1) is 5.54 Å². The lowest BCUT2D eigenvalue weighted by Gasteiger charge is -2.31. The number of halogens is 1. The van der Waals surface area contributed by atoms with E-state index in [9.17, 15) is 14.4 Å². The molecule has 0 heterocycles. The quantitative estimate of drug-likeness (QED) is 0.423. The molecule has 0 aromatic rings. The van der Waals surface area contributed by atoms with Gasteiger partial charge in [-0.2, -0.15) is 0 Å². The van der Waals surface area contributed by atoms with Gasteiger partial charge in [0.2, 0.25) is 17.7 Å². The molecule has 0 aliphatic carbocycles. The minimum absolute atomic E-state index is 0. The number of nitrogens with two attached hydrogens (primary N) is 1. The van der Waals surface area contributed by atoms with E-state index in [1.165, 1.54) is 6.92 Å². The Morgan fingerprint density at radius 3 is 1.91 bits per heavy atom. The van der Waals surface area contributed by atoms with Crippen LogP contribution in [0.25, 0.3) is 0 Å². The van der Waals surface area contributed by atoms with Crippen LogP contribution in [-0.2, 0) is 14.4 Å². The molecule has 3 amide bonds. The molecule has 0 rings (SSSR count). The first-order valence-corrected chi connectivity index (χ1v) is 7.41. The van der Waals surface area contributed by atoms with Crippen LogP contribution in [0, 0.1) is 0 Å². The first kappa shape index (κ1) is 22.9. The number of hydrogen-bond acceptors (Lipinski definition) is 4. The van der Waals surface area contributed by atoms with Crippen molar-refractivity contribution in [2.75, 3.05) is 19.6 Å². The van der Waals surface area contributed by atoms with Crippen molar-refractivity contribution in [3.63, 3.8) is 0 Å². The van der Waals surface area contributed by atoms with Crippen LogP contribution in [0.4, 0.5) is 0 Å². The summed E-state index contributed by atoms with van der Waals surface area (Å²) in [7, 11) is 0. The minimum atomic E-state index is -0.376. The molecule has 0 bridgehead atoms. The number of amides is 3. The van der Waals surface area contributed by atoms with Crippen LogP contribution in [0.5, 0.6) is 0 Å². The highest BCUT2D eigenvalue weighted by atomic mass is 35.5. The standard InChI is InChI=1S/C14H28N4O3.ClH/c1-4-14(5-2,10-15)18-13(21)7-6-12(20)17-9-8-16-11(3)19;/h4-10,15H2,1-3H3,(H,16,19)(H,17,20)(H,18,21);1H. The van der Waals surface area contributed by atoms with Gasteiger partial charge in [-0.1, -0.05) is 13.8 Å². The van der Waals surface area contributed by atoms with Crippen LogP contribution in [0.2, 0.25) is 0 Å². The van der Waals surface area contributed by atoms with E-state index in [-0.39, 0.29) is 48.5 Å². The highest BCUT2D eigenvalue weighted by Crippen LogP contribution is 2.13. The second kappa shape index (κ2) is 12.2. The van der Waals surface area contributed by atoms with E-state index in [1.54, 1.807) is 0 Å². The number of nitrogens with one attached hydrogen (secondary N) is 3. The summed E-state index contributed by atoms with van der Waals surface area (Å²) < 4.78 is 0. The van der Waals surface area contributed by atoms with Gasteiger partial charge in [-0.05, 0) is 12.8 Å². The summed E-state index contributed by atoms with van der Waals surface area (Å²) in [5.74, 6) is -0.510. The zero-order valence-corrected chi connectivity index (χ0v) is 14.5. The summed E-state index contributed by atoms with van der Waals surface area (Å²) in [4.78, 5) is 34.0. The molecule has 0 fully saturated rings. The van der Waals surface area contributed by atoms with Crippen molar-refractivity contribution in [3.05, 3.63) is 0 Å². The predicted molar refractivity (Wildman–Crippen MR) is 88.7 cm³/mol. The monoisotopic (exact) mass is 336 g/mol. The third kappa shape index (κ3) is 9.57. The summed E-state index contributed by atoms with van der Waals surface area (Å²) in [5, 5.41) is 8.13. The fourth-order valence-corrected chi connectivity index (χ4v) is 1.88. The van der Waals surface area contributed by atoms with E-state index in [0.29, 0.717) is 19.6 Å². The smallest absolute Gasteiger partial charge is 0.220 e. The van der Waals surface area contributed by atoms with E-state index in [4.69, 9.17) is 5.73 Å². The van der Waals surface area contributed by atoms with Gasteiger partial charge in [0.1, 0.15) is 0 Å². The summed E-state index contributed by atoms with van der Waals surface area (Å²) >= 11 is 0. The molecule has 0 aromatic heterocycles. The molecule has 0 aliphatic rings. The molecule has 0 unspecified atom stereocenters. The van der Waals surface area contributed by atoms with E-state index in [2.05, 4.69) is 16.0 Å². The van der Waals surface area contributed by atoms with Crippen LogP contribution < -0.4 is 21.7 Å². The zero-order valence-electron chi connectivity index (χ0n) is 13.7. The van der Waals surface area contributed by atoms with Crippen LogP contribution in [0.1, 0.15) is 46.5 Å². The number of hydrogen-bond donors (Lipinski definition) is 4. The van der Waals surface area contributed by atoms with E-state index in [0.717, 1.165) is 12.8 Å². The van der Waals surface area contributed by atoms with Crippen molar-refractivity contribution in [3.8, 4) is 0 Å². The van der Waals surface area contributed by atoms with Crippen LogP contribution in [0.3, 0.4) is 0 Å². The van der Waals surface area contributed by atoms with Gasteiger partial charge in [0.15, 0.2) is 0 Å². The fraction of sp³-hybridized carbons (Fsp3) is 0.786. The molecule has 130 valence electrons. The molecular formula is C14H29ClN4O3. The first-order chi connectivity index (χ1) is 9.89. The normalized spacial score (nSPS) is 10.4. The Morgan fingerprint density at radius 2 is 1.45 bits per heavy atom. The highest BCUT2D eigenvalue weighted by Gasteiger charge is 2.26. The number of carbonyl (C=O) groups excluding carboxylic acids is 3. The molecule has 0 radical (unpaired) electrons. The third-order valence-corrected chi connectivity index (χ3v) is 3.55. The molecule has 8 heteroatoms. The van der Waals surface area contributed by atoms with E-state index in [1.807, 2.05) is 13.8 Å². The van der Waals surface area contributed by atoms with Gasteiger partial charge in [0.25, 0.3) is 0 Å². The van der Waals surface area contributed by atoms with Crippen molar-refractivity contribution in [2.24, 2.45) is 5.73 Å². The molecule has 0 aliphatic heterocycles. The Bertz CT molecular complexity index is 352. The average molecular weight is 337 g/mol. The van der Waals surface area contributed by atoms with Crippen molar-refractivity contribution < 1.29 is 14.4 Å². The highest BCUT2D eigenvalue weighted by molar-refractivity contribution is 5.85. The maximum atomic E-state index is 11.9. The van der Waals surface area contributed by atoms with Crippen LogP contribution >= 0.6 is 12.4 Å². The number of rotatable bonds is 10. The van der Waals surface area contributed by atoms with Gasteiger partial charge < -0.3 is 21.7 Å². The molecule has 7 nitrogen and oxygen atoms in total. The zero-order chi connectivity index (χ0) is 16.3. The second-order valence-electron chi connectivity index (χ2n) is 5.07. The third-order valence-electron chi connectivity index (χ3n) is 3.55. The van der Waals surface area contributed by atoms with E-state index >= 15 is 0 Å². The van der Waals surface area contributed by atoms with Gasteiger partial charge in [-0.15, -0.1) is 12.4 Å². The molecular weight excluding hydrogens is 308 g/mol. The number of carbonyl (C=O) groups is 3. The first-order valence-electron chi connectivity index (χ1n) is 7.41. The Hall–Kier alpha value is -1.34. The maximum absolute atomic E-state index is 11.9. The second-order valence-corrected chi connectivity index (χ2v) is 5.07. The molecule has 22 heavy (non-hydrogen) atoms. The SMILES string of the molecule is CCC(CC)(CN)NC(=O)CCC(=O)NCCNC(C)=O.Cl. The van der Waals surface area contributed by atoms with Crippen LogP contribution in [-0.4, -0.2) is 42.9 Å². The Labute approximate surface area is 138 Å². The summed E-state index contributed by atoms with van der Waals surface area (Å²) in [5.41, 5.74) is 5.33. The molecule has 0 aromatic carbocycles. The fourth-order valence-electron chi connectivity index (χ4n) is 1.88. The lowest BCUT2D eigenvalue weighted by molar-refractivity contribution is -0.127. The minimum Gasteiger partial charge on any atom is -0.355 e. The topological polar surface area (TPSA) is 113 Å². The summed E-state index contributed by atoms with van der Waals surface area (Å²) in [6, 6.07) is 0. The van der Waals surface area contributed by atoms with Gasteiger partial charge >= 0.3 is 0 Å². The van der Waals surface area contributed by atoms with Gasteiger partial charge in [0, 0.05) is 39.4 Å². The van der Waals surface area contributed by atoms with Crippen molar-refractivity contribution in [2.45, 2.75) is 52.0 Å². The molecule has 5 N–H and O–H groups in total. The Morgan fingerprint density at radius 1 is 0.955 bits per heavy atom. The molecule has 0 spiro atoms. The van der Waals surface area contributed by atoms with Crippen molar-refractivity contribution >= 4 is 30.1 Å². The van der Waals surface area contributed by atoms with E-state index < -0.39 is 0 Å². The maximum Gasteiger partial charge on any atom is 0.220 e. The molecule has 0 atom stereocenters. The lowest BCUT2D eigenvalue weighted by atomic mass is 9.92. The van der Waals surface area contributed by atoms with Gasteiger partial charge in [-0.3, -0.25) is 14.4 Å². The summed E-state index contributed by atoms with van der Waals surface area (Å²) in [6.07, 6.45) is 1.77. The van der Waals surface area contributed by atoms with Crippen molar-refractivity contribution in [1.29, 1.82) is 0 Å². The van der Waals surface area contributed by atoms with Crippen LogP contribution in [0.15, 0.2) is 0 Å². The molecule has 0 saturated carbocycles. The van der Waals surface area contributed by atoms with Crippen molar-refractivity contribution in [1.82, 2.24) is 16.0 Å².